The minimum atomic E-state index is 0.296. The molecule has 0 saturated heterocycles. The van der Waals surface area contributed by atoms with E-state index in [-0.39, 0.29) is 0 Å². The lowest BCUT2D eigenvalue weighted by atomic mass is 10.1. The monoisotopic (exact) mass is 289 g/mol. The van der Waals surface area contributed by atoms with Gasteiger partial charge in [0.25, 0.3) is 0 Å². The molecular weight excluding hydrogens is 266 g/mol. The minimum Gasteiger partial charge on any atom is -0.497 e. The van der Waals surface area contributed by atoms with Crippen molar-refractivity contribution in [3.8, 4) is 5.75 Å². The van der Waals surface area contributed by atoms with Crippen LogP contribution in [0.15, 0.2) is 47.1 Å². The van der Waals surface area contributed by atoms with E-state index in [1.165, 1.54) is 5.56 Å². The average molecular weight is 289 g/mol. The van der Waals surface area contributed by atoms with Crippen LogP contribution in [0.3, 0.4) is 0 Å². The minimum absolute atomic E-state index is 0.296. The summed E-state index contributed by atoms with van der Waals surface area (Å²) < 4.78 is 16.0. The van der Waals surface area contributed by atoms with Crippen molar-refractivity contribution < 1.29 is 13.9 Å². The van der Waals surface area contributed by atoms with Crippen LogP contribution >= 0.6 is 0 Å². The summed E-state index contributed by atoms with van der Waals surface area (Å²) in [7, 11) is 1.69. The van der Waals surface area contributed by atoms with Crippen molar-refractivity contribution in [3.63, 3.8) is 0 Å². The molecule has 1 atom stereocenters. The number of benzene rings is 1. The Kier molecular flexibility index (Phi) is 6.31. The van der Waals surface area contributed by atoms with Crippen LogP contribution in [0.4, 0.5) is 0 Å². The highest BCUT2D eigenvalue weighted by atomic mass is 16.5. The van der Waals surface area contributed by atoms with Crippen molar-refractivity contribution >= 4 is 0 Å². The molecule has 0 fully saturated rings. The van der Waals surface area contributed by atoms with Crippen LogP contribution in [0.25, 0.3) is 0 Å². The average Bonchev–Trinajstić information content (AvgIpc) is 3.04. The van der Waals surface area contributed by atoms with Crippen LogP contribution in [-0.2, 0) is 11.3 Å². The van der Waals surface area contributed by atoms with Crippen molar-refractivity contribution in [3.05, 3.63) is 54.0 Å². The Labute approximate surface area is 126 Å². The number of furan rings is 1. The van der Waals surface area contributed by atoms with Crippen LogP contribution in [0.5, 0.6) is 5.75 Å². The van der Waals surface area contributed by atoms with E-state index < -0.39 is 0 Å². The van der Waals surface area contributed by atoms with Crippen molar-refractivity contribution in [1.29, 1.82) is 0 Å². The van der Waals surface area contributed by atoms with Gasteiger partial charge in [0.15, 0.2) is 0 Å². The standard InChI is InChI=1S/C17H23NO3/c1-14(15-6-3-7-16(12-15)19-2)18-9-5-10-20-13-17-8-4-11-21-17/h3-4,6-8,11-12,14,18H,5,9-10,13H2,1-2H3. The second-order valence-electron chi connectivity index (χ2n) is 4.94. The normalized spacial score (nSPS) is 12.3. The highest BCUT2D eigenvalue weighted by Crippen LogP contribution is 2.18. The third-order valence-corrected chi connectivity index (χ3v) is 3.33. The Hall–Kier alpha value is -1.78. The molecule has 21 heavy (non-hydrogen) atoms. The van der Waals surface area contributed by atoms with Gasteiger partial charge in [-0.05, 0) is 49.7 Å². The van der Waals surface area contributed by atoms with Crippen LogP contribution in [0, 0.1) is 0 Å². The summed E-state index contributed by atoms with van der Waals surface area (Å²) in [6.45, 7) is 4.33. The molecule has 0 spiro atoms. The second-order valence-corrected chi connectivity index (χ2v) is 4.94. The first-order valence-electron chi connectivity index (χ1n) is 7.27. The first-order valence-corrected chi connectivity index (χ1v) is 7.27. The Balaban J connectivity index is 1.61. The molecule has 0 saturated carbocycles. The van der Waals surface area contributed by atoms with Gasteiger partial charge in [0, 0.05) is 12.6 Å². The lowest BCUT2D eigenvalue weighted by Gasteiger charge is -2.15. The summed E-state index contributed by atoms with van der Waals surface area (Å²) in [5.41, 5.74) is 1.23. The smallest absolute Gasteiger partial charge is 0.129 e. The van der Waals surface area contributed by atoms with Gasteiger partial charge in [0.05, 0.1) is 13.4 Å². The van der Waals surface area contributed by atoms with Crippen LogP contribution in [0.1, 0.15) is 30.7 Å². The quantitative estimate of drug-likeness (QED) is 0.717. The van der Waals surface area contributed by atoms with Gasteiger partial charge < -0.3 is 19.2 Å². The second kappa shape index (κ2) is 8.49. The fourth-order valence-corrected chi connectivity index (χ4v) is 2.09. The molecule has 1 aromatic carbocycles. The first kappa shape index (κ1) is 15.6. The van der Waals surface area contributed by atoms with Crippen LogP contribution in [0.2, 0.25) is 0 Å². The van der Waals surface area contributed by atoms with Crippen LogP contribution in [-0.4, -0.2) is 20.3 Å². The summed E-state index contributed by atoms with van der Waals surface area (Å²) in [6, 6.07) is 12.2. The topological polar surface area (TPSA) is 43.6 Å². The van der Waals surface area contributed by atoms with E-state index in [4.69, 9.17) is 13.9 Å². The predicted molar refractivity (Wildman–Crippen MR) is 82.4 cm³/mol. The SMILES string of the molecule is COc1cccc(C(C)NCCCOCc2ccco2)c1. The number of nitrogens with one attached hydrogen (secondary N) is 1. The van der Waals surface area contributed by atoms with E-state index in [9.17, 15) is 0 Å². The van der Waals surface area contributed by atoms with Crippen molar-refractivity contribution in [1.82, 2.24) is 5.32 Å². The number of hydrogen-bond acceptors (Lipinski definition) is 4. The van der Waals surface area contributed by atoms with Gasteiger partial charge in [-0.25, -0.2) is 0 Å². The fourth-order valence-electron chi connectivity index (χ4n) is 2.09. The van der Waals surface area contributed by atoms with Gasteiger partial charge in [0.1, 0.15) is 18.1 Å². The molecule has 114 valence electrons. The summed E-state index contributed by atoms with van der Waals surface area (Å²) in [5, 5.41) is 3.48. The van der Waals surface area contributed by atoms with E-state index in [0.717, 1.165) is 31.1 Å². The molecule has 0 aliphatic heterocycles. The maximum atomic E-state index is 5.55. The molecular formula is C17H23NO3. The third kappa shape index (κ3) is 5.25. The van der Waals surface area contributed by atoms with Gasteiger partial charge >= 0.3 is 0 Å². The Morgan fingerprint density at radius 1 is 1.24 bits per heavy atom. The van der Waals surface area contributed by atoms with Crippen molar-refractivity contribution in [2.75, 3.05) is 20.3 Å². The van der Waals surface area contributed by atoms with Gasteiger partial charge in [-0.2, -0.15) is 0 Å². The van der Waals surface area contributed by atoms with E-state index in [1.54, 1.807) is 13.4 Å². The van der Waals surface area contributed by atoms with Crippen molar-refractivity contribution in [2.24, 2.45) is 0 Å². The third-order valence-electron chi connectivity index (χ3n) is 3.33. The first-order chi connectivity index (χ1) is 10.3. The highest BCUT2D eigenvalue weighted by molar-refractivity contribution is 5.30. The molecule has 2 rings (SSSR count). The van der Waals surface area contributed by atoms with Crippen molar-refractivity contribution in [2.45, 2.75) is 26.0 Å². The summed E-state index contributed by atoms with van der Waals surface area (Å²) in [4.78, 5) is 0. The molecule has 0 aliphatic rings. The number of methoxy groups -OCH3 is 1. The maximum absolute atomic E-state index is 5.55. The molecule has 0 bridgehead atoms. The largest absolute Gasteiger partial charge is 0.497 e. The molecule has 4 nitrogen and oxygen atoms in total. The zero-order chi connectivity index (χ0) is 14.9. The van der Waals surface area contributed by atoms with Crippen LogP contribution < -0.4 is 10.1 Å². The van der Waals surface area contributed by atoms with E-state index in [2.05, 4.69) is 24.4 Å². The maximum Gasteiger partial charge on any atom is 0.129 e. The highest BCUT2D eigenvalue weighted by Gasteiger charge is 2.05. The number of hydrogen-bond donors (Lipinski definition) is 1. The van der Waals surface area contributed by atoms with E-state index in [1.807, 2.05) is 24.3 Å². The zero-order valence-electron chi connectivity index (χ0n) is 12.7. The van der Waals surface area contributed by atoms with Gasteiger partial charge in [-0.15, -0.1) is 0 Å². The molecule has 1 aromatic heterocycles. The molecule has 0 aliphatic carbocycles. The van der Waals surface area contributed by atoms with Gasteiger partial charge in [-0.3, -0.25) is 0 Å². The summed E-state index contributed by atoms with van der Waals surface area (Å²) >= 11 is 0. The molecule has 1 heterocycles. The molecule has 0 amide bonds. The molecule has 0 radical (unpaired) electrons. The van der Waals surface area contributed by atoms with E-state index >= 15 is 0 Å². The van der Waals surface area contributed by atoms with Gasteiger partial charge in [-0.1, -0.05) is 12.1 Å². The zero-order valence-corrected chi connectivity index (χ0v) is 12.7. The summed E-state index contributed by atoms with van der Waals surface area (Å²) in [5.74, 6) is 1.76. The molecule has 2 aromatic rings. The molecule has 4 heteroatoms. The Morgan fingerprint density at radius 2 is 2.14 bits per heavy atom. The predicted octanol–water partition coefficient (Wildman–Crippen LogP) is 3.55. The van der Waals surface area contributed by atoms with Gasteiger partial charge in [0.2, 0.25) is 0 Å². The Bertz CT molecular complexity index is 511. The fraction of sp³-hybridized carbons (Fsp3) is 0.412. The number of rotatable bonds is 9. The summed E-state index contributed by atoms with van der Waals surface area (Å²) in [6.07, 6.45) is 2.63. The molecule has 1 N–H and O–H groups in total. The lowest BCUT2D eigenvalue weighted by Crippen LogP contribution is -2.21. The lowest BCUT2D eigenvalue weighted by molar-refractivity contribution is 0.104. The number of ether oxygens (including phenoxy) is 2. The van der Waals surface area contributed by atoms with E-state index in [0.29, 0.717) is 12.6 Å². The molecule has 1 unspecified atom stereocenters. The Morgan fingerprint density at radius 3 is 2.90 bits per heavy atom.